The molecule has 238 valence electrons. The summed E-state index contributed by atoms with van der Waals surface area (Å²) in [4.78, 5) is 62.1. The third-order valence-electron chi connectivity index (χ3n) is 11.3. The highest BCUT2D eigenvalue weighted by atomic mass is 16.5. The second-order valence-corrected chi connectivity index (χ2v) is 13.7. The zero-order chi connectivity index (χ0) is 31.9. The highest BCUT2D eigenvalue weighted by molar-refractivity contribution is 5.92. The first kappa shape index (κ1) is 32.0. The number of carboxylic acid groups (broad SMARTS) is 1. The minimum absolute atomic E-state index is 0.00156. The molecular weight excluding hydrogens is 566 g/mol. The molecule has 10 heteroatoms. The molecule has 0 radical (unpaired) electrons. The summed E-state index contributed by atoms with van der Waals surface area (Å²) in [5, 5.41) is 35.3. The molecule has 0 aromatic heterocycles. The van der Waals surface area contributed by atoms with E-state index in [1.165, 1.54) is 0 Å². The van der Waals surface area contributed by atoms with Crippen molar-refractivity contribution in [3.8, 4) is 0 Å². The Hall–Kier alpha value is -3.37. The predicted octanol–water partition coefficient (Wildman–Crippen LogP) is 2.92. The van der Waals surface area contributed by atoms with Crippen LogP contribution in [0.2, 0.25) is 0 Å². The standard InChI is InChI=1S/C34H43NO9/c1-32-14-12-22(36)17-21(32)8-9-23-24-13-15-34(43,33(24,2)18-26(37)30(23)32)27(38)19-44-29(40)11-10-28(39)35-25(31(41)42)16-20-6-4-3-5-7-20/h3-7,17,23-26,30,37,43H,8-16,18-19H2,1-2H3,(H,35,39)(H,41,42)/t23-,24+,25-,26+,30-,32+,33-,34+/m1/s1. The Balaban J connectivity index is 1.16. The molecule has 0 saturated heterocycles. The van der Waals surface area contributed by atoms with Crippen molar-refractivity contribution in [2.75, 3.05) is 6.61 Å². The Morgan fingerprint density at radius 2 is 1.77 bits per heavy atom. The van der Waals surface area contributed by atoms with E-state index >= 15 is 0 Å². The van der Waals surface area contributed by atoms with Crippen LogP contribution in [0.15, 0.2) is 42.0 Å². The van der Waals surface area contributed by atoms with Gasteiger partial charge in [0.25, 0.3) is 0 Å². The number of hydrogen-bond donors (Lipinski definition) is 4. The number of amides is 1. The molecule has 3 fully saturated rings. The van der Waals surface area contributed by atoms with Crippen molar-refractivity contribution < 1.29 is 44.0 Å². The van der Waals surface area contributed by atoms with E-state index < -0.39 is 53.4 Å². The number of aliphatic hydroxyl groups excluding tert-OH is 1. The van der Waals surface area contributed by atoms with Gasteiger partial charge in [-0.2, -0.15) is 0 Å². The number of carboxylic acids is 1. The molecular formula is C34H43NO9. The fraction of sp³-hybridized carbons (Fsp3) is 0.618. The molecule has 3 saturated carbocycles. The van der Waals surface area contributed by atoms with Gasteiger partial charge in [-0.1, -0.05) is 49.8 Å². The van der Waals surface area contributed by atoms with Crippen LogP contribution in [0.1, 0.15) is 77.2 Å². The van der Waals surface area contributed by atoms with Crippen molar-refractivity contribution in [1.82, 2.24) is 5.32 Å². The van der Waals surface area contributed by atoms with Gasteiger partial charge in [-0.3, -0.25) is 19.2 Å². The molecule has 10 nitrogen and oxygen atoms in total. The van der Waals surface area contributed by atoms with Crippen LogP contribution in [0.4, 0.5) is 0 Å². The van der Waals surface area contributed by atoms with Gasteiger partial charge >= 0.3 is 11.9 Å². The number of allylic oxidation sites excluding steroid dienone is 1. The highest BCUT2D eigenvalue weighted by Gasteiger charge is 2.68. The quantitative estimate of drug-likeness (QED) is 0.292. The van der Waals surface area contributed by atoms with E-state index in [0.29, 0.717) is 19.3 Å². The van der Waals surface area contributed by atoms with Gasteiger partial charge in [0.2, 0.25) is 11.7 Å². The lowest BCUT2D eigenvalue weighted by Crippen LogP contribution is -2.62. The highest BCUT2D eigenvalue weighted by Crippen LogP contribution is 2.67. The van der Waals surface area contributed by atoms with Crippen LogP contribution in [0, 0.1) is 28.6 Å². The third kappa shape index (κ3) is 5.74. The van der Waals surface area contributed by atoms with Gasteiger partial charge in [0, 0.05) is 24.7 Å². The SMILES string of the molecule is C[C@]12CCC(=O)C=C1CC[C@H]1[C@@H]2[C@@H](O)C[C@]2(C)[C@H]1CC[C@]2(O)C(=O)COC(=O)CCC(=O)N[C@H](Cc1ccccc1)C(=O)O. The van der Waals surface area contributed by atoms with Crippen molar-refractivity contribution in [3.63, 3.8) is 0 Å². The number of fused-ring (bicyclic) bond motifs is 5. The van der Waals surface area contributed by atoms with Crippen LogP contribution in [0.5, 0.6) is 0 Å². The van der Waals surface area contributed by atoms with Crippen LogP contribution in [0.25, 0.3) is 0 Å². The number of carbonyl (C=O) groups is 5. The van der Waals surface area contributed by atoms with Crippen LogP contribution in [-0.4, -0.2) is 69.1 Å². The number of ketones is 2. The molecule has 0 unspecified atom stereocenters. The van der Waals surface area contributed by atoms with E-state index in [4.69, 9.17) is 4.74 Å². The maximum Gasteiger partial charge on any atom is 0.326 e. The zero-order valence-electron chi connectivity index (χ0n) is 25.4. The van der Waals surface area contributed by atoms with E-state index in [-0.39, 0.29) is 61.1 Å². The Kier molecular flexibility index (Phi) is 8.88. The number of aliphatic carboxylic acids is 1. The number of nitrogens with one attached hydrogen (secondary N) is 1. The molecule has 1 amide bonds. The largest absolute Gasteiger partial charge is 0.480 e. The summed E-state index contributed by atoms with van der Waals surface area (Å²) in [5.74, 6) is -3.07. The van der Waals surface area contributed by atoms with Gasteiger partial charge in [-0.15, -0.1) is 0 Å². The number of ether oxygens (including phenoxy) is 1. The lowest BCUT2D eigenvalue weighted by molar-refractivity contribution is -0.184. The molecule has 1 aromatic rings. The molecule has 44 heavy (non-hydrogen) atoms. The molecule has 0 bridgehead atoms. The maximum absolute atomic E-state index is 13.5. The molecule has 0 spiro atoms. The smallest absolute Gasteiger partial charge is 0.326 e. The van der Waals surface area contributed by atoms with Gasteiger partial charge in [0.1, 0.15) is 11.6 Å². The maximum atomic E-state index is 13.5. The van der Waals surface area contributed by atoms with E-state index in [1.807, 2.05) is 6.92 Å². The monoisotopic (exact) mass is 609 g/mol. The molecule has 0 heterocycles. The number of rotatable bonds is 10. The van der Waals surface area contributed by atoms with Crippen LogP contribution >= 0.6 is 0 Å². The Labute approximate surface area is 257 Å². The van der Waals surface area contributed by atoms with Crippen molar-refractivity contribution in [2.45, 2.75) is 95.8 Å². The number of benzene rings is 1. The topological polar surface area (TPSA) is 167 Å². The average Bonchev–Trinajstić information content (AvgIpc) is 3.25. The summed E-state index contributed by atoms with van der Waals surface area (Å²) in [5.41, 5.74) is -1.10. The first-order valence-electron chi connectivity index (χ1n) is 15.7. The summed E-state index contributed by atoms with van der Waals surface area (Å²) >= 11 is 0. The summed E-state index contributed by atoms with van der Waals surface area (Å²) in [6, 6.07) is 7.70. The Morgan fingerprint density at radius 1 is 1.05 bits per heavy atom. The number of carbonyl (C=O) groups excluding carboxylic acids is 4. The van der Waals surface area contributed by atoms with Crippen LogP contribution < -0.4 is 5.32 Å². The van der Waals surface area contributed by atoms with Crippen molar-refractivity contribution in [3.05, 3.63) is 47.5 Å². The van der Waals surface area contributed by atoms with Gasteiger partial charge in [0.15, 0.2) is 12.4 Å². The molecule has 4 N–H and O–H groups in total. The Bertz CT molecular complexity index is 1360. The van der Waals surface area contributed by atoms with Gasteiger partial charge in [-0.05, 0) is 73.3 Å². The number of esters is 1. The number of hydrogen-bond acceptors (Lipinski definition) is 8. The fourth-order valence-corrected chi connectivity index (χ4v) is 9.02. The second-order valence-electron chi connectivity index (χ2n) is 13.7. The van der Waals surface area contributed by atoms with Crippen LogP contribution in [-0.2, 0) is 35.1 Å². The summed E-state index contributed by atoms with van der Waals surface area (Å²) in [7, 11) is 0. The molecule has 4 aliphatic carbocycles. The number of aliphatic hydroxyl groups is 2. The Morgan fingerprint density at radius 3 is 2.48 bits per heavy atom. The minimum Gasteiger partial charge on any atom is -0.480 e. The van der Waals surface area contributed by atoms with Gasteiger partial charge < -0.3 is 25.4 Å². The van der Waals surface area contributed by atoms with Gasteiger partial charge in [0.05, 0.1) is 12.5 Å². The molecule has 0 aliphatic heterocycles. The average molecular weight is 610 g/mol. The van der Waals surface area contributed by atoms with Crippen LogP contribution in [0.3, 0.4) is 0 Å². The van der Waals surface area contributed by atoms with E-state index in [1.54, 1.807) is 36.4 Å². The summed E-state index contributed by atoms with van der Waals surface area (Å²) < 4.78 is 5.19. The van der Waals surface area contributed by atoms with Crippen molar-refractivity contribution in [1.29, 1.82) is 0 Å². The lowest BCUT2D eigenvalue weighted by atomic mass is 9.45. The zero-order valence-corrected chi connectivity index (χ0v) is 25.4. The normalized spacial score (nSPS) is 34.9. The third-order valence-corrected chi connectivity index (χ3v) is 11.3. The van der Waals surface area contributed by atoms with E-state index in [0.717, 1.165) is 24.0 Å². The second kappa shape index (κ2) is 12.2. The van der Waals surface area contributed by atoms with Crippen molar-refractivity contribution in [2.24, 2.45) is 28.6 Å². The summed E-state index contributed by atoms with van der Waals surface area (Å²) in [6.45, 7) is 3.35. The molecule has 1 aromatic carbocycles. The van der Waals surface area contributed by atoms with E-state index in [2.05, 4.69) is 12.2 Å². The number of Topliss-reactive ketones (excluding diaryl/α,β-unsaturated/α-hetero) is 1. The minimum atomic E-state index is -1.77. The molecule has 5 rings (SSSR count). The molecule has 4 aliphatic rings. The van der Waals surface area contributed by atoms with Gasteiger partial charge in [-0.25, -0.2) is 4.79 Å². The fourth-order valence-electron chi connectivity index (χ4n) is 9.02. The van der Waals surface area contributed by atoms with E-state index in [9.17, 15) is 39.3 Å². The lowest BCUT2D eigenvalue weighted by Gasteiger charge is -2.60. The predicted molar refractivity (Wildman–Crippen MR) is 158 cm³/mol. The first-order chi connectivity index (χ1) is 20.8. The van der Waals surface area contributed by atoms with Crippen molar-refractivity contribution >= 4 is 29.4 Å². The summed E-state index contributed by atoms with van der Waals surface area (Å²) in [6.07, 6.45) is 4.20. The first-order valence-corrected chi connectivity index (χ1v) is 15.7. The molecule has 8 atom stereocenters.